The molecule has 0 amide bonds. The molecule has 0 aliphatic carbocycles. The number of alkyl halides is 3. The summed E-state index contributed by atoms with van der Waals surface area (Å²) in [6.07, 6.45) is -1.42. The molecule has 2 rings (SSSR count). The Labute approximate surface area is 162 Å². The van der Waals surface area contributed by atoms with E-state index < -0.39 is 12.8 Å². The van der Waals surface area contributed by atoms with Crippen molar-refractivity contribution in [3.8, 4) is 5.88 Å². The van der Waals surface area contributed by atoms with Gasteiger partial charge in [-0.2, -0.15) is 13.2 Å². The van der Waals surface area contributed by atoms with Crippen molar-refractivity contribution in [2.45, 2.75) is 32.5 Å². The molecule has 1 unspecified atom stereocenters. The van der Waals surface area contributed by atoms with Gasteiger partial charge >= 0.3 is 6.18 Å². The van der Waals surface area contributed by atoms with Crippen molar-refractivity contribution in [3.63, 3.8) is 0 Å². The molecule has 10 heteroatoms. The quantitative estimate of drug-likeness (QED) is 0.430. The normalized spacial score (nSPS) is 20.2. The maximum atomic E-state index is 12.2. The van der Waals surface area contributed by atoms with E-state index in [1.807, 2.05) is 6.92 Å². The minimum absolute atomic E-state index is 0.0812. The molecule has 0 aromatic carbocycles. The summed E-state index contributed by atoms with van der Waals surface area (Å²) in [7, 11) is 0. The second-order valence-electron chi connectivity index (χ2n) is 6.73. The van der Waals surface area contributed by atoms with E-state index in [0.717, 1.165) is 12.0 Å². The molecule has 158 valence electrons. The summed E-state index contributed by atoms with van der Waals surface area (Å²) in [5.41, 5.74) is 0.634. The summed E-state index contributed by atoms with van der Waals surface area (Å²) < 4.78 is 46.5. The van der Waals surface area contributed by atoms with Gasteiger partial charge in [-0.25, -0.2) is 9.98 Å². The number of pyridine rings is 1. The van der Waals surface area contributed by atoms with E-state index in [4.69, 9.17) is 4.74 Å². The Balaban J connectivity index is 1.90. The third-order valence-electron chi connectivity index (χ3n) is 4.40. The van der Waals surface area contributed by atoms with Crippen LogP contribution in [0.15, 0.2) is 23.3 Å². The smallest absolute Gasteiger partial charge is 0.422 e. The van der Waals surface area contributed by atoms with Crippen LogP contribution in [0.4, 0.5) is 13.2 Å². The van der Waals surface area contributed by atoms with Crippen LogP contribution in [0, 0.1) is 5.41 Å². The first kappa shape index (κ1) is 22.2. The van der Waals surface area contributed by atoms with E-state index in [1.54, 1.807) is 6.07 Å². The fourth-order valence-corrected chi connectivity index (χ4v) is 2.84. The Kier molecular flexibility index (Phi) is 8.31. The van der Waals surface area contributed by atoms with E-state index in [1.165, 1.54) is 12.3 Å². The van der Waals surface area contributed by atoms with Gasteiger partial charge in [0.1, 0.15) is 0 Å². The highest BCUT2D eigenvalue weighted by molar-refractivity contribution is 5.79. The van der Waals surface area contributed by atoms with Crippen molar-refractivity contribution in [1.29, 1.82) is 0 Å². The van der Waals surface area contributed by atoms with E-state index in [9.17, 15) is 18.3 Å². The molecular weight excluding hydrogens is 377 g/mol. The number of aromatic nitrogens is 1. The molecule has 1 aromatic heterocycles. The highest BCUT2D eigenvalue weighted by Gasteiger charge is 2.34. The Hall–Kier alpha value is -2.07. The fourth-order valence-electron chi connectivity index (χ4n) is 2.84. The van der Waals surface area contributed by atoms with Gasteiger partial charge in [0.25, 0.3) is 0 Å². The van der Waals surface area contributed by atoms with Crippen molar-refractivity contribution < 1.29 is 27.8 Å². The summed E-state index contributed by atoms with van der Waals surface area (Å²) in [5.74, 6) is 0.534. The van der Waals surface area contributed by atoms with Crippen LogP contribution in [0.1, 0.15) is 25.3 Å². The van der Waals surface area contributed by atoms with Crippen molar-refractivity contribution in [2.24, 2.45) is 10.4 Å². The molecule has 0 saturated carbocycles. The molecule has 7 nitrogen and oxygen atoms in total. The first-order valence-electron chi connectivity index (χ1n) is 9.21. The maximum absolute atomic E-state index is 12.2. The van der Waals surface area contributed by atoms with Crippen LogP contribution in [0.3, 0.4) is 0 Å². The average molecular weight is 404 g/mol. The van der Waals surface area contributed by atoms with Gasteiger partial charge in [-0.1, -0.05) is 6.07 Å². The van der Waals surface area contributed by atoms with Crippen LogP contribution < -0.4 is 15.4 Å². The van der Waals surface area contributed by atoms with Crippen LogP contribution in [-0.2, 0) is 11.3 Å². The van der Waals surface area contributed by atoms with Gasteiger partial charge in [0, 0.05) is 44.0 Å². The number of nitrogens with one attached hydrogen (secondary N) is 2. The standard InChI is InChI=1S/C18H27F3N4O3/c1-2-22-16(25-11-17(5-7-26)6-8-27-12-17)24-10-14-3-4-15(23-9-14)28-13-18(19,20)21/h3-4,9,26H,2,5-8,10-13H2,1H3,(H2,22,24,25). The van der Waals surface area contributed by atoms with Crippen molar-refractivity contribution >= 4 is 5.96 Å². The lowest BCUT2D eigenvalue weighted by Gasteiger charge is -2.27. The Bertz CT molecular complexity index is 617. The zero-order valence-electron chi connectivity index (χ0n) is 15.9. The van der Waals surface area contributed by atoms with Gasteiger partial charge in [0.2, 0.25) is 5.88 Å². The minimum Gasteiger partial charge on any atom is -0.468 e. The molecule has 0 spiro atoms. The lowest BCUT2D eigenvalue weighted by Crippen LogP contribution is -2.44. The van der Waals surface area contributed by atoms with E-state index in [-0.39, 0.29) is 17.9 Å². The van der Waals surface area contributed by atoms with Crippen LogP contribution in [0.25, 0.3) is 0 Å². The molecule has 28 heavy (non-hydrogen) atoms. The molecule has 1 aliphatic heterocycles. The van der Waals surface area contributed by atoms with Gasteiger partial charge < -0.3 is 25.2 Å². The van der Waals surface area contributed by atoms with Crippen molar-refractivity contribution in [1.82, 2.24) is 15.6 Å². The van der Waals surface area contributed by atoms with Gasteiger partial charge in [0.15, 0.2) is 12.6 Å². The molecule has 3 N–H and O–H groups in total. The third kappa shape index (κ3) is 7.51. The average Bonchev–Trinajstić information content (AvgIpc) is 3.12. The molecular formula is C18H27F3N4O3. The lowest BCUT2D eigenvalue weighted by atomic mass is 9.84. The number of aliphatic hydroxyl groups excluding tert-OH is 1. The SMILES string of the molecule is CCNC(=NCc1ccc(OCC(F)(F)F)nc1)NCC1(CCO)CCOC1. The Morgan fingerprint density at radius 3 is 2.79 bits per heavy atom. The second-order valence-corrected chi connectivity index (χ2v) is 6.73. The molecule has 1 aromatic rings. The van der Waals surface area contributed by atoms with Crippen LogP contribution >= 0.6 is 0 Å². The summed E-state index contributed by atoms with van der Waals surface area (Å²) in [6.45, 7) is 3.59. The van der Waals surface area contributed by atoms with E-state index >= 15 is 0 Å². The summed E-state index contributed by atoms with van der Waals surface area (Å²) in [4.78, 5) is 8.35. The fraction of sp³-hybridized carbons (Fsp3) is 0.667. The molecule has 1 atom stereocenters. The summed E-state index contributed by atoms with van der Waals surface area (Å²) in [5, 5.41) is 15.7. The van der Waals surface area contributed by atoms with E-state index in [0.29, 0.717) is 45.2 Å². The zero-order valence-corrected chi connectivity index (χ0v) is 15.9. The Morgan fingerprint density at radius 1 is 1.39 bits per heavy atom. The molecule has 1 aliphatic rings. The number of rotatable bonds is 9. The number of aliphatic imine (C=N–C) groups is 1. The maximum Gasteiger partial charge on any atom is 0.422 e. The number of guanidine groups is 1. The van der Waals surface area contributed by atoms with Crippen molar-refractivity contribution in [3.05, 3.63) is 23.9 Å². The van der Waals surface area contributed by atoms with Gasteiger partial charge in [-0.15, -0.1) is 0 Å². The molecule has 1 fully saturated rings. The first-order valence-corrected chi connectivity index (χ1v) is 9.21. The topological polar surface area (TPSA) is 88.0 Å². The zero-order chi connectivity index (χ0) is 20.5. The first-order chi connectivity index (χ1) is 13.4. The summed E-state index contributed by atoms with van der Waals surface area (Å²) >= 11 is 0. The second kappa shape index (κ2) is 10.5. The predicted molar refractivity (Wildman–Crippen MR) is 98.2 cm³/mol. The van der Waals surface area contributed by atoms with E-state index in [2.05, 4.69) is 25.3 Å². The van der Waals surface area contributed by atoms with Gasteiger partial charge in [0.05, 0.1) is 13.2 Å². The van der Waals surface area contributed by atoms with Crippen LogP contribution in [0.5, 0.6) is 5.88 Å². The van der Waals surface area contributed by atoms with Gasteiger partial charge in [-0.3, -0.25) is 0 Å². The number of aliphatic hydroxyl groups is 1. The minimum atomic E-state index is -4.39. The molecule has 0 bridgehead atoms. The third-order valence-corrected chi connectivity index (χ3v) is 4.40. The van der Waals surface area contributed by atoms with Gasteiger partial charge in [-0.05, 0) is 25.3 Å². The number of hydrogen-bond acceptors (Lipinski definition) is 5. The number of hydrogen-bond donors (Lipinski definition) is 3. The highest BCUT2D eigenvalue weighted by atomic mass is 19.4. The number of halogens is 3. The molecule has 2 heterocycles. The van der Waals surface area contributed by atoms with Crippen molar-refractivity contribution in [2.75, 3.05) is 39.5 Å². The predicted octanol–water partition coefficient (Wildman–Crippen LogP) is 1.87. The Morgan fingerprint density at radius 2 is 2.21 bits per heavy atom. The lowest BCUT2D eigenvalue weighted by molar-refractivity contribution is -0.154. The monoisotopic (exact) mass is 404 g/mol. The molecule has 0 radical (unpaired) electrons. The largest absolute Gasteiger partial charge is 0.468 e. The van der Waals surface area contributed by atoms with Crippen LogP contribution in [-0.4, -0.2) is 61.7 Å². The highest BCUT2D eigenvalue weighted by Crippen LogP contribution is 2.31. The van der Waals surface area contributed by atoms with Crippen LogP contribution in [0.2, 0.25) is 0 Å². The number of nitrogens with zero attached hydrogens (tertiary/aromatic N) is 2. The number of ether oxygens (including phenoxy) is 2. The molecule has 1 saturated heterocycles. The summed E-state index contributed by atoms with van der Waals surface area (Å²) in [6, 6.07) is 3.02.